The lowest BCUT2D eigenvalue weighted by Gasteiger charge is -2.19. The molecule has 0 atom stereocenters. The second kappa shape index (κ2) is 7.79. The molecule has 0 amide bonds. The Morgan fingerprint density at radius 2 is 1.90 bits per heavy atom. The number of nitrogens with zero attached hydrogens (tertiary/aromatic N) is 2. The van der Waals surface area contributed by atoms with E-state index in [2.05, 4.69) is 43.0 Å². The van der Waals surface area contributed by atoms with Crippen molar-refractivity contribution in [2.75, 3.05) is 25.1 Å². The molecule has 114 valence electrons. The third-order valence-electron chi connectivity index (χ3n) is 2.86. The van der Waals surface area contributed by atoms with Crippen LogP contribution in [-0.4, -0.2) is 29.7 Å². The van der Waals surface area contributed by atoms with Crippen molar-refractivity contribution in [3.05, 3.63) is 16.5 Å². The molecule has 1 N–H and O–H groups in total. The molecule has 0 saturated heterocycles. The summed E-state index contributed by atoms with van der Waals surface area (Å²) in [5.41, 5.74) is 0.784. The summed E-state index contributed by atoms with van der Waals surface area (Å²) in [5.74, 6) is 1.59. The molecule has 0 aliphatic rings. The summed E-state index contributed by atoms with van der Waals surface area (Å²) < 4.78 is 5.45. The molecule has 0 aromatic carbocycles. The molecule has 4 nitrogen and oxygen atoms in total. The predicted octanol–water partition coefficient (Wildman–Crippen LogP) is 3.96. The zero-order chi connectivity index (χ0) is 15.2. The molecule has 0 bridgehead atoms. The van der Waals surface area contributed by atoms with Gasteiger partial charge in [-0.05, 0) is 19.8 Å². The highest BCUT2D eigenvalue weighted by atomic mass is 35.5. The molecular weight excluding hydrogens is 274 g/mol. The second-order valence-corrected chi connectivity index (χ2v) is 6.31. The number of aromatic nitrogens is 2. The van der Waals surface area contributed by atoms with Crippen molar-refractivity contribution in [2.45, 2.75) is 52.9 Å². The maximum absolute atomic E-state index is 6.19. The van der Waals surface area contributed by atoms with Gasteiger partial charge in [-0.1, -0.05) is 39.3 Å². The SMILES string of the molecule is CCCOCCCNc1nc(C(C)(C)C)nc(Cl)c1C. The number of hydrogen-bond acceptors (Lipinski definition) is 4. The monoisotopic (exact) mass is 299 g/mol. The Morgan fingerprint density at radius 1 is 1.20 bits per heavy atom. The van der Waals surface area contributed by atoms with E-state index in [0.29, 0.717) is 5.15 Å². The second-order valence-electron chi connectivity index (χ2n) is 5.95. The van der Waals surface area contributed by atoms with Gasteiger partial charge in [-0.25, -0.2) is 9.97 Å². The first-order valence-electron chi connectivity index (χ1n) is 7.22. The van der Waals surface area contributed by atoms with Crippen molar-refractivity contribution in [2.24, 2.45) is 0 Å². The highest BCUT2D eigenvalue weighted by molar-refractivity contribution is 6.30. The third-order valence-corrected chi connectivity index (χ3v) is 3.23. The smallest absolute Gasteiger partial charge is 0.137 e. The molecule has 0 spiro atoms. The highest BCUT2D eigenvalue weighted by Gasteiger charge is 2.20. The van der Waals surface area contributed by atoms with Crippen LogP contribution in [0.4, 0.5) is 5.82 Å². The van der Waals surface area contributed by atoms with Crippen molar-refractivity contribution >= 4 is 17.4 Å². The van der Waals surface area contributed by atoms with Gasteiger partial charge in [0.05, 0.1) is 0 Å². The third kappa shape index (κ3) is 5.25. The summed E-state index contributed by atoms with van der Waals surface area (Å²) >= 11 is 6.19. The van der Waals surface area contributed by atoms with Crippen molar-refractivity contribution < 1.29 is 4.74 Å². The van der Waals surface area contributed by atoms with Crippen LogP contribution < -0.4 is 5.32 Å². The summed E-state index contributed by atoms with van der Waals surface area (Å²) in [6.07, 6.45) is 2.01. The van der Waals surface area contributed by atoms with Crippen LogP contribution in [0.5, 0.6) is 0 Å². The molecule has 1 aromatic rings. The lowest BCUT2D eigenvalue weighted by atomic mass is 9.95. The Balaban J connectivity index is 2.63. The van der Waals surface area contributed by atoms with Gasteiger partial charge in [0.15, 0.2) is 0 Å². The van der Waals surface area contributed by atoms with E-state index in [1.54, 1.807) is 0 Å². The molecule has 1 aromatic heterocycles. The van der Waals surface area contributed by atoms with Crippen molar-refractivity contribution in [3.8, 4) is 0 Å². The van der Waals surface area contributed by atoms with Crippen molar-refractivity contribution in [3.63, 3.8) is 0 Å². The van der Waals surface area contributed by atoms with Crippen LogP contribution in [0.1, 0.15) is 51.9 Å². The summed E-state index contributed by atoms with van der Waals surface area (Å²) in [6, 6.07) is 0. The van der Waals surface area contributed by atoms with Gasteiger partial charge in [-0.2, -0.15) is 0 Å². The molecule has 0 saturated carbocycles. The molecule has 1 rings (SSSR count). The summed E-state index contributed by atoms with van der Waals surface area (Å²) in [5, 5.41) is 3.85. The van der Waals surface area contributed by atoms with Crippen LogP contribution in [0.25, 0.3) is 0 Å². The van der Waals surface area contributed by atoms with E-state index < -0.39 is 0 Å². The first-order valence-corrected chi connectivity index (χ1v) is 7.60. The Bertz CT molecular complexity index is 430. The number of hydrogen-bond donors (Lipinski definition) is 1. The van der Waals surface area contributed by atoms with E-state index in [0.717, 1.165) is 49.8 Å². The van der Waals surface area contributed by atoms with E-state index in [9.17, 15) is 0 Å². The van der Waals surface area contributed by atoms with E-state index in [-0.39, 0.29) is 5.41 Å². The largest absolute Gasteiger partial charge is 0.381 e. The zero-order valence-corrected chi connectivity index (χ0v) is 14.0. The van der Waals surface area contributed by atoms with E-state index in [4.69, 9.17) is 16.3 Å². The summed E-state index contributed by atoms with van der Waals surface area (Å²) in [4.78, 5) is 8.95. The van der Waals surface area contributed by atoms with Crippen LogP contribution in [0, 0.1) is 6.92 Å². The molecular formula is C15H26ClN3O. The maximum Gasteiger partial charge on any atom is 0.137 e. The molecule has 0 unspecified atom stereocenters. The molecule has 0 aliphatic heterocycles. The van der Waals surface area contributed by atoms with E-state index >= 15 is 0 Å². The molecule has 0 radical (unpaired) electrons. The average Bonchev–Trinajstić information content (AvgIpc) is 2.37. The van der Waals surface area contributed by atoms with Gasteiger partial charge in [0, 0.05) is 30.7 Å². The Morgan fingerprint density at radius 3 is 2.50 bits per heavy atom. The van der Waals surface area contributed by atoms with Crippen LogP contribution >= 0.6 is 11.6 Å². The van der Waals surface area contributed by atoms with Crippen LogP contribution in [0.2, 0.25) is 5.15 Å². The first kappa shape index (κ1) is 17.2. The van der Waals surface area contributed by atoms with Gasteiger partial charge in [0.1, 0.15) is 16.8 Å². The minimum atomic E-state index is -0.113. The van der Waals surface area contributed by atoms with Crippen LogP contribution in [0.15, 0.2) is 0 Å². The number of halogens is 1. The maximum atomic E-state index is 6.19. The average molecular weight is 300 g/mol. The van der Waals surface area contributed by atoms with Crippen LogP contribution in [0.3, 0.4) is 0 Å². The number of ether oxygens (including phenoxy) is 1. The minimum absolute atomic E-state index is 0.113. The van der Waals surface area contributed by atoms with Gasteiger partial charge < -0.3 is 10.1 Å². The highest BCUT2D eigenvalue weighted by Crippen LogP contribution is 2.25. The minimum Gasteiger partial charge on any atom is -0.381 e. The quantitative estimate of drug-likeness (QED) is 0.611. The van der Waals surface area contributed by atoms with Gasteiger partial charge in [-0.15, -0.1) is 0 Å². The van der Waals surface area contributed by atoms with Gasteiger partial charge in [0.2, 0.25) is 0 Å². The van der Waals surface area contributed by atoms with E-state index in [1.165, 1.54) is 0 Å². The molecule has 5 heteroatoms. The standard InChI is InChI=1S/C15H26ClN3O/c1-6-9-20-10-7-8-17-13-11(2)12(16)18-14(19-13)15(3,4)5/h6-10H2,1-5H3,(H,17,18,19). The fourth-order valence-electron chi connectivity index (χ4n) is 1.62. The number of anilines is 1. The Labute approximate surface area is 127 Å². The Hall–Kier alpha value is -0.870. The fraction of sp³-hybridized carbons (Fsp3) is 0.733. The molecule has 1 heterocycles. The molecule has 0 aliphatic carbocycles. The van der Waals surface area contributed by atoms with Gasteiger partial charge >= 0.3 is 0 Å². The fourth-order valence-corrected chi connectivity index (χ4v) is 1.79. The predicted molar refractivity (Wildman–Crippen MR) is 84.7 cm³/mol. The van der Waals surface area contributed by atoms with Crippen molar-refractivity contribution in [1.82, 2.24) is 9.97 Å². The van der Waals surface area contributed by atoms with Gasteiger partial charge in [0.25, 0.3) is 0 Å². The number of nitrogens with one attached hydrogen (secondary N) is 1. The lowest BCUT2D eigenvalue weighted by Crippen LogP contribution is -2.19. The number of rotatable bonds is 7. The van der Waals surface area contributed by atoms with Gasteiger partial charge in [-0.3, -0.25) is 0 Å². The normalized spacial score (nSPS) is 11.7. The molecule has 0 fully saturated rings. The topological polar surface area (TPSA) is 47.0 Å². The first-order chi connectivity index (χ1) is 9.36. The van der Waals surface area contributed by atoms with E-state index in [1.807, 2.05) is 6.92 Å². The van der Waals surface area contributed by atoms with Crippen LogP contribution in [-0.2, 0) is 10.2 Å². The molecule has 20 heavy (non-hydrogen) atoms. The Kier molecular flexibility index (Phi) is 6.69. The zero-order valence-electron chi connectivity index (χ0n) is 13.2. The summed E-state index contributed by atoms with van der Waals surface area (Å²) in [7, 11) is 0. The lowest BCUT2D eigenvalue weighted by molar-refractivity contribution is 0.134. The van der Waals surface area contributed by atoms with Crippen molar-refractivity contribution in [1.29, 1.82) is 0 Å². The summed E-state index contributed by atoms with van der Waals surface area (Å²) in [6.45, 7) is 12.7.